The third-order valence-corrected chi connectivity index (χ3v) is 4.50. The van der Waals surface area contributed by atoms with E-state index < -0.39 is 0 Å². The Balaban J connectivity index is 2.05. The fraction of sp³-hybridized carbons (Fsp3) is 0.688. The van der Waals surface area contributed by atoms with Crippen LogP contribution in [0.5, 0.6) is 0 Å². The second kappa shape index (κ2) is 5.91. The topological polar surface area (TPSA) is 28.2 Å². The van der Waals surface area contributed by atoms with Crippen molar-refractivity contribution in [2.45, 2.75) is 45.1 Å². The van der Waals surface area contributed by atoms with Gasteiger partial charge < -0.3 is 10.2 Å². The number of hydrogen-bond donors (Lipinski definition) is 1. The summed E-state index contributed by atoms with van der Waals surface area (Å²) in [7, 11) is 4.42. The first kappa shape index (κ1) is 14.3. The molecule has 1 aliphatic rings. The van der Waals surface area contributed by atoms with E-state index in [1.807, 2.05) is 13.0 Å². The maximum Gasteiger partial charge on any atom is 0.126 e. The Bertz CT molecular complexity index is 416. The molecule has 1 saturated carbocycles. The standard InChI is InChI=1S/C16H27N3/c1-13-7-6-10-16(11-13,19(3)4)12-17-15-9-5-8-14(2)18-15/h5,8-9,13H,6-7,10-12H2,1-4H3,(H,17,18). The summed E-state index contributed by atoms with van der Waals surface area (Å²) in [6.07, 6.45) is 5.27. The molecule has 0 spiro atoms. The van der Waals surface area contributed by atoms with Gasteiger partial charge in [-0.2, -0.15) is 0 Å². The van der Waals surface area contributed by atoms with Gasteiger partial charge in [-0.3, -0.25) is 0 Å². The van der Waals surface area contributed by atoms with Crippen molar-refractivity contribution in [3.8, 4) is 0 Å². The molecule has 106 valence electrons. The smallest absolute Gasteiger partial charge is 0.126 e. The van der Waals surface area contributed by atoms with Gasteiger partial charge in [-0.1, -0.05) is 25.8 Å². The Kier molecular flexibility index (Phi) is 4.46. The first-order valence-corrected chi connectivity index (χ1v) is 7.37. The van der Waals surface area contributed by atoms with E-state index in [4.69, 9.17) is 0 Å². The number of nitrogens with zero attached hydrogens (tertiary/aromatic N) is 2. The molecule has 3 nitrogen and oxygen atoms in total. The van der Waals surface area contributed by atoms with Crippen LogP contribution in [-0.2, 0) is 0 Å². The van der Waals surface area contributed by atoms with Crippen LogP contribution in [0.2, 0.25) is 0 Å². The second-order valence-electron chi connectivity index (χ2n) is 6.34. The van der Waals surface area contributed by atoms with Gasteiger partial charge in [0.25, 0.3) is 0 Å². The van der Waals surface area contributed by atoms with Gasteiger partial charge in [-0.25, -0.2) is 4.98 Å². The van der Waals surface area contributed by atoms with Crippen molar-refractivity contribution in [3.05, 3.63) is 23.9 Å². The van der Waals surface area contributed by atoms with Gasteiger partial charge in [0.05, 0.1) is 0 Å². The minimum absolute atomic E-state index is 0.281. The normalized spacial score (nSPS) is 27.5. The minimum Gasteiger partial charge on any atom is -0.368 e. The van der Waals surface area contributed by atoms with Crippen LogP contribution < -0.4 is 5.32 Å². The quantitative estimate of drug-likeness (QED) is 0.901. The average Bonchev–Trinajstić information content (AvgIpc) is 2.36. The lowest BCUT2D eigenvalue weighted by Crippen LogP contribution is -2.52. The largest absolute Gasteiger partial charge is 0.368 e. The molecule has 0 bridgehead atoms. The molecule has 1 heterocycles. The molecule has 0 radical (unpaired) electrons. The van der Waals surface area contributed by atoms with Crippen LogP contribution in [0, 0.1) is 12.8 Å². The van der Waals surface area contributed by atoms with Crippen molar-refractivity contribution < 1.29 is 0 Å². The third-order valence-electron chi connectivity index (χ3n) is 4.50. The van der Waals surface area contributed by atoms with E-state index in [2.05, 4.69) is 48.4 Å². The molecule has 2 rings (SSSR count). The van der Waals surface area contributed by atoms with Crippen LogP contribution in [0.25, 0.3) is 0 Å². The van der Waals surface area contributed by atoms with Crippen LogP contribution in [0.15, 0.2) is 18.2 Å². The van der Waals surface area contributed by atoms with Crippen molar-refractivity contribution in [2.24, 2.45) is 5.92 Å². The fourth-order valence-corrected chi connectivity index (χ4v) is 3.25. The summed E-state index contributed by atoms with van der Waals surface area (Å²) in [5.41, 5.74) is 1.35. The summed E-state index contributed by atoms with van der Waals surface area (Å²) in [5.74, 6) is 1.82. The molecule has 0 amide bonds. The molecule has 1 N–H and O–H groups in total. The van der Waals surface area contributed by atoms with Gasteiger partial charge >= 0.3 is 0 Å². The van der Waals surface area contributed by atoms with Gasteiger partial charge in [0.2, 0.25) is 0 Å². The molecule has 0 aromatic carbocycles. The highest BCUT2D eigenvalue weighted by Gasteiger charge is 2.36. The third kappa shape index (κ3) is 3.47. The monoisotopic (exact) mass is 261 g/mol. The van der Waals surface area contributed by atoms with Crippen LogP contribution in [0.4, 0.5) is 5.82 Å². The molecule has 1 aromatic heterocycles. The highest BCUT2D eigenvalue weighted by molar-refractivity contribution is 5.35. The number of likely N-dealkylation sites (N-methyl/N-ethyl adjacent to an activating group) is 1. The summed E-state index contributed by atoms with van der Waals surface area (Å²) >= 11 is 0. The van der Waals surface area contributed by atoms with E-state index in [1.54, 1.807) is 0 Å². The molecule has 3 heteroatoms. The van der Waals surface area contributed by atoms with Crippen molar-refractivity contribution >= 4 is 5.82 Å². The molecular weight excluding hydrogens is 234 g/mol. The zero-order valence-electron chi connectivity index (χ0n) is 12.7. The molecule has 1 aliphatic carbocycles. The summed E-state index contributed by atoms with van der Waals surface area (Å²) in [5, 5.41) is 3.55. The Hall–Kier alpha value is -1.09. The van der Waals surface area contributed by atoms with Crippen molar-refractivity contribution in [1.82, 2.24) is 9.88 Å². The number of aromatic nitrogens is 1. The van der Waals surface area contributed by atoms with E-state index in [-0.39, 0.29) is 5.54 Å². The number of anilines is 1. The van der Waals surface area contributed by atoms with Crippen LogP contribution in [-0.4, -0.2) is 36.1 Å². The number of rotatable bonds is 4. The molecule has 1 fully saturated rings. The zero-order chi connectivity index (χ0) is 13.9. The molecule has 0 aliphatic heterocycles. The number of hydrogen-bond acceptors (Lipinski definition) is 3. The number of aryl methyl sites for hydroxylation is 1. The molecule has 0 saturated heterocycles. The first-order chi connectivity index (χ1) is 9.02. The van der Waals surface area contributed by atoms with E-state index in [9.17, 15) is 0 Å². The highest BCUT2D eigenvalue weighted by Crippen LogP contribution is 2.35. The van der Waals surface area contributed by atoms with Crippen LogP contribution in [0.1, 0.15) is 38.3 Å². The molecule has 19 heavy (non-hydrogen) atoms. The first-order valence-electron chi connectivity index (χ1n) is 7.37. The van der Waals surface area contributed by atoms with Crippen LogP contribution in [0.3, 0.4) is 0 Å². The second-order valence-corrected chi connectivity index (χ2v) is 6.34. The maximum absolute atomic E-state index is 4.54. The predicted molar refractivity (Wildman–Crippen MR) is 81.5 cm³/mol. The van der Waals surface area contributed by atoms with Crippen molar-refractivity contribution in [2.75, 3.05) is 26.0 Å². The Labute approximate surface area is 117 Å². The summed E-state index contributed by atoms with van der Waals surface area (Å²) < 4.78 is 0. The minimum atomic E-state index is 0.281. The fourth-order valence-electron chi connectivity index (χ4n) is 3.25. The van der Waals surface area contributed by atoms with E-state index >= 15 is 0 Å². The lowest BCUT2D eigenvalue weighted by Gasteiger charge is -2.45. The van der Waals surface area contributed by atoms with E-state index in [0.29, 0.717) is 0 Å². The average molecular weight is 261 g/mol. The van der Waals surface area contributed by atoms with Gasteiger partial charge in [-0.15, -0.1) is 0 Å². The van der Waals surface area contributed by atoms with Gasteiger partial charge in [0.1, 0.15) is 5.82 Å². The summed E-state index contributed by atoms with van der Waals surface area (Å²) in [4.78, 5) is 6.95. The van der Waals surface area contributed by atoms with Crippen LogP contribution >= 0.6 is 0 Å². The molecular formula is C16H27N3. The number of nitrogens with one attached hydrogen (secondary N) is 1. The van der Waals surface area contributed by atoms with Gasteiger partial charge in [-0.05, 0) is 51.9 Å². The predicted octanol–water partition coefficient (Wildman–Crippen LogP) is 3.31. The summed E-state index contributed by atoms with van der Waals surface area (Å²) in [6, 6.07) is 6.16. The number of pyridine rings is 1. The van der Waals surface area contributed by atoms with Gasteiger partial charge in [0.15, 0.2) is 0 Å². The molecule has 1 aromatic rings. The van der Waals surface area contributed by atoms with Crippen molar-refractivity contribution in [3.63, 3.8) is 0 Å². The van der Waals surface area contributed by atoms with E-state index in [0.717, 1.165) is 24.0 Å². The summed E-state index contributed by atoms with van der Waals surface area (Å²) in [6.45, 7) is 5.40. The lowest BCUT2D eigenvalue weighted by molar-refractivity contribution is 0.0881. The zero-order valence-corrected chi connectivity index (χ0v) is 12.7. The Morgan fingerprint density at radius 2 is 2.21 bits per heavy atom. The Morgan fingerprint density at radius 3 is 2.84 bits per heavy atom. The maximum atomic E-state index is 4.54. The highest BCUT2D eigenvalue weighted by atomic mass is 15.2. The molecule has 2 atom stereocenters. The lowest BCUT2D eigenvalue weighted by atomic mass is 9.75. The Morgan fingerprint density at radius 1 is 1.42 bits per heavy atom. The SMILES string of the molecule is Cc1cccc(NCC2(N(C)C)CCCC(C)C2)n1. The van der Waals surface area contributed by atoms with Crippen molar-refractivity contribution in [1.29, 1.82) is 0 Å². The van der Waals surface area contributed by atoms with Gasteiger partial charge in [0, 0.05) is 17.8 Å². The van der Waals surface area contributed by atoms with E-state index in [1.165, 1.54) is 25.7 Å². The molecule has 2 unspecified atom stereocenters.